The Kier molecular flexibility index (Phi) is 5.41. The van der Waals surface area contributed by atoms with E-state index in [0.29, 0.717) is 11.5 Å². The number of hydrogen-bond donors (Lipinski definition) is 1. The molecule has 0 radical (unpaired) electrons. The monoisotopic (exact) mass is 411 g/mol. The minimum Gasteiger partial charge on any atom is -0.469 e. The second kappa shape index (κ2) is 7.65. The van der Waals surface area contributed by atoms with Crippen LogP contribution in [-0.4, -0.2) is 23.8 Å². The molecule has 2 aromatic carbocycles. The number of esters is 1. The zero-order chi connectivity index (χ0) is 21.3. The topological polar surface area (TPSA) is 59.2 Å². The molecule has 1 aromatic heterocycles. The van der Waals surface area contributed by atoms with Gasteiger partial charge in [-0.15, -0.1) is 0 Å². The second-order valence-corrected chi connectivity index (χ2v) is 6.33. The van der Waals surface area contributed by atoms with E-state index in [0.717, 1.165) is 31.4 Å². The molecule has 0 aliphatic rings. The molecule has 0 aliphatic heterocycles. The summed E-state index contributed by atoms with van der Waals surface area (Å²) in [5.41, 5.74) is -0.933. The summed E-state index contributed by atoms with van der Waals surface area (Å²) in [6.45, 7) is 0. The van der Waals surface area contributed by atoms with Crippen molar-refractivity contribution in [3.05, 3.63) is 70.9 Å². The Hall–Kier alpha value is -3.23. The summed E-state index contributed by atoms with van der Waals surface area (Å²) in [5, 5.41) is 0.292. The summed E-state index contributed by atoms with van der Waals surface area (Å²) >= 11 is 0. The zero-order valence-electron chi connectivity index (χ0n) is 14.9. The lowest BCUT2D eigenvalue weighted by atomic mass is 9.91. The number of aromatic amines is 1. The van der Waals surface area contributed by atoms with E-state index in [4.69, 9.17) is 4.74 Å². The van der Waals surface area contributed by atoms with Crippen molar-refractivity contribution in [2.45, 2.75) is 18.5 Å². The first-order valence-corrected chi connectivity index (χ1v) is 8.36. The van der Waals surface area contributed by atoms with Crippen molar-refractivity contribution in [3.63, 3.8) is 0 Å². The molecule has 1 atom stereocenters. The van der Waals surface area contributed by atoms with Gasteiger partial charge in [-0.2, -0.15) is 13.2 Å². The first kappa shape index (κ1) is 20.5. The maximum absolute atomic E-state index is 13.9. The maximum Gasteiger partial charge on any atom is 0.416 e. The zero-order valence-corrected chi connectivity index (χ0v) is 14.9. The second-order valence-electron chi connectivity index (χ2n) is 6.33. The smallest absolute Gasteiger partial charge is 0.416 e. The first-order chi connectivity index (χ1) is 13.6. The summed E-state index contributed by atoms with van der Waals surface area (Å²) in [6, 6.07) is 5.34. The molecule has 29 heavy (non-hydrogen) atoms. The van der Waals surface area contributed by atoms with Crippen LogP contribution < -0.4 is 0 Å². The van der Waals surface area contributed by atoms with Crippen LogP contribution in [0.4, 0.5) is 22.0 Å². The van der Waals surface area contributed by atoms with Crippen molar-refractivity contribution in [3.8, 4) is 0 Å². The predicted molar refractivity (Wildman–Crippen MR) is 93.4 cm³/mol. The third kappa shape index (κ3) is 4.13. The number of aromatic nitrogens is 1. The largest absolute Gasteiger partial charge is 0.469 e. The van der Waals surface area contributed by atoms with Gasteiger partial charge >= 0.3 is 12.1 Å². The molecule has 3 aromatic rings. The van der Waals surface area contributed by atoms with Crippen molar-refractivity contribution >= 4 is 22.7 Å². The van der Waals surface area contributed by atoms with Gasteiger partial charge < -0.3 is 9.72 Å². The molecule has 9 heteroatoms. The molecule has 0 fully saturated rings. The van der Waals surface area contributed by atoms with Crippen LogP contribution in [0.2, 0.25) is 0 Å². The minimum absolute atomic E-state index is 0.115. The Labute approximate surface area is 161 Å². The third-order valence-electron chi connectivity index (χ3n) is 4.52. The number of H-pyrrole nitrogens is 1. The molecule has 0 spiro atoms. The van der Waals surface area contributed by atoms with Crippen LogP contribution in [0.3, 0.4) is 0 Å². The van der Waals surface area contributed by atoms with Gasteiger partial charge in [-0.05, 0) is 29.8 Å². The lowest BCUT2D eigenvalue weighted by molar-refractivity contribution is -0.142. The van der Waals surface area contributed by atoms with E-state index in [-0.39, 0.29) is 11.1 Å². The third-order valence-corrected chi connectivity index (χ3v) is 4.52. The van der Waals surface area contributed by atoms with Crippen LogP contribution in [-0.2, 0) is 15.7 Å². The van der Waals surface area contributed by atoms with Crippen LogP contribution in [0.5, 0.6) is 0 Å². The highest BCUT2D eigenvalue weighted by molar-refractivity contribution is 6.01. The highest BCUT2D eigenvalue weighted by atomic mass is 19.4. The lowest BCUT2D eigenvalue weighted by Gasteiger charge is -2.14. The van der Waals surface area contributed by atoms with Gasteiger partial charge in [0.2, 0.25) is 0 Å². The van der Waals surface area contributed by atoms with E-state index in [1.807, 2.05) is 0 Å². The summed E-state index contributed by atoms with van der Waals surface area (Å²) in [5.74, 6) is -4.73. The van der Waals surface area contributed by atoms with Crippen LogP contribution in [0.15, 0.2) is 42.6 Å². The number of hydrogen-bond acceptors (Lipinski definition) is 3. The molecule has 3 rings (SSSR count). The summed E-state index contributed by atoms with van der Waals surface area (Å²) in [7, 11) is 1.09. The van der Waals surface area contributed by atoms with Gasteiger partial charge in [0, 0.05) is 29.6 Å². The number of carbonyl (C=O) groups excluding carboxylic acids is 2. The number of nitrogens with one attached hydrogen (secondary N) is 1. The fourth-order valence-electron chi connectivity index (χ4n) is 3.09. The molecule has 1 unspecified atom stereocenters. The van der Waals surface area contributed by atoms with Crippen molar-refractivity contribution < 1.29 is 36.3 Å². The number of rotatable bonds is 5. The molecule has 0 saturated heterocycles. The maximum atomic E-state index is 13.9. The van der Waals surface area contributed by atoms with Crippen molar-refractivity contribution in [2.24, 2.45) is 0 Å². The molecule has 0 amide bonds. The Balaban J connectivity index is 1.99. The Bertz CT molecular complexity index is 1090. The van der Waals surface area contributed by atoms with E-state index in [2.05, 4.69) is 4.98 Å². The molecule has 4 nitrogen and oxygen atoms in total. The van der Waals surface area contributed by atoms with E-state index >= 15 is 0 Å². The Morgan fingerprint density at radius 1 is 1.10 bits per heavy atom. The predicted octanol–water partition coefficient (Wildman–Crippen LogP) is 4.99. The first-order valence-electron chi connectivity index (χ1n) is 8.36. The number of ketones is 1. The van der Waals surface area contributed by atoms with Crippen molar-refractivity contribution in [1.29, 1.82) is 0 Å². The van der Waals surface area contributed by atoms with Crippen LogP contribution in [0.25, 0.3) is 10.9 Å². The van der Waals surface area contributed by atoms with Gasteiger partial charge in [-0.25, -0.2) is 8.78 Å². The van der Waals surface area contributed by atoms with Crippen molar-refractivity contribution in [1.82, 2.24) is 4.98 Å². The van der Waals surface area contributed by atoms with Crippen molar-refractivity contribution in [2.75, 3.05) is 7.11 Å². The quantitative estimate of drug-likeness (QED) is 0.365. The van der Waals surface area contributed by atoms with E-state index < -0.39 is 53.0 Å². The van der Waals surface area contributed by atoms with Gasteiger partial charge in [0.05, 0.1) is 24.2 Å². The Morgan fingerprint density at radius 2 is 1.83 bits per heavy atom. The number of ether oxygens (including phenoxy) is 1. The summed E-state index contributed by atoms with van der Waals surface area (Å²) in [4.78, 5) is 27.4. The normalized spacial score (nSPS) is 12.8. The van der Waals surface area contributed by atoms with E-state index in [1.54, 1.807) is 0 Å². The molecule has 1 heterocycles. The summed E-state index contributed by atoms with van der Waals surface area (Å²) < 4.78 is 70.4. The number of fused-ring (bicyclic) bond motifs is 1. The van der Waals surface area contributed by atoms with Crippen LogP contribution in [0.1, 0.15) is 33.8 Å². The molecule has 0 bridgehead atoms. The molecule has 0 aliphatic carbocycles. The summed E-state index contributed by atoms with van der Waals surface area (Å²) in [6.07, 6.45) is -3.75. The molecule has 1 N–H and O–H groups in total. The minimum atomic E-state index is -4.54. The fraction of sp³-hybridized carbons (Fsp3) is 0.200. The number of alkyl halides is 3. The van der Waals surface area contributed by atoms with Crippen LogP contribution >= 0.6 is 0 Å². The molecular formula is C20H14F5NO3. The van der Waals surface area contributed by atoms with Gasteiger partial charge in [0.15, 0.2) is 5.78 Å². The molecule has 0 saturated carbocycles. The lowest BCUT2D eigenvalue weighted by Crippen LogP contribution is -2.18. The Morgan fingerprint density at radius 3 is 2.45 bits per heavy atom. The average Bonchev–Trinajstić information content (AvgIpc) is 3.07. The highest BCUT2D eigenvalue weighted by Crippen LogP contribution is 2.35. The SMILES string of the molecule is COC(=O)C(CC(=O)c1ccc(F)cc1F)c1c[nH]c2cc(C(F)(F)F)ccc12. The van der Waals surface area contributed by atoms with E-state index in [1.165, 1.54) is 12.3 Å². The standard InChI is InChI=1S/C20H14F5NO3/c1-29-19(28)14(8-18(27)13-5-3-11(21)7-16(13)22)15-9-26-17-6-10(20(23,24)25)2-4-12(15)17/h2-7,9,14,26H,8H2,1H3. The molecule has 152 valence electrons. The highest BCUT2D eigenvalue weighted by Gasteiger charge is 2.32. The van der Waals surface area contributed by atoms with Gasteiger partial charge in [-0.3, -0.25) is 9.59 Å². The number of benzene rings is 2. The number of methoxy groups -OCH3 is 1. The van der Waals surface area contributed by atoms with Gasteiger partial charge in [-0.1, -0.05) is 6.07 Å². The molecular weight excluding hydrogens is 397 g/mol. The fourth-order valence-corrected chi connectivity index (χ4v) is 3.09. The van der Waals surface area contributed by atoms with Gasteiger partial charge in [0.1, 0.15) is 11.6 Å². The van der Waals surface area contributed by atoms with Gasteiger partial charge in [0.25, 0.3) is 0 Å². The number of Topliss-reactive ketones (excluding diaryl/α,β-unsaturated/α-hetero) is 1. The van der Waals surface area contributed by atoms with E-state index in [9.17, 15) is 31.5 Å². The van der Waals surface area contributed by atoms with Crippen LogP contribution in [0, 0.1) is 11.6 Å². The number of halogens is 5. The number of carbonyl (C=O) groups is 2. The average molecular weight is 411 g/mol.